The molecule has 0 aromatic heterocycles. The third-order valence-electron chi connectivity index (χ3n) is 1.98. The highest BCUT2D eigenvalue weighted by atomic mass is 16.7. The predicted octanol–water partition coefficient (Wildman–Crippen LogP) is 0.733. The average Bonchev–Trinajstić information content (AvgIpc) is 2.35. The summed E-state index contributed by atoms with van der Waals surface area (Å²) < 4.78 is 14.1. The molecule has 0 aliphatic carbocycles. The Balaban J connectivity index is 2.47. The molecule has 6 nitrogen and oxygen atoms in total. The Morgan fingerprint density at radius 1 is 1.28 bits per heavy atom. The molecule has 0 aliphatic heterocycles. The number of carbonyl (C=O) groups excluding carboxylic acids is 2. The monoisotopic (exact) mass is 254 g/mol. The lowest BCUT2D eigenvalue weighted by atomic mass is 10.2. The molecule has 98 valence electrons. The molecule has 0 bridgehead atoms. The number of carbonyl (C=O) groups is 2. The summed E-state index contributed by atoms with van der Waals surface area (Å²) in [6.07, 6.45) is -1.45. The summed E-state index contributed by atoms with van der Waals surface area (Å²) in [6.45, 7) is 0.735. The minimum Gasteiger partial charge on any atom is -0.497 e. The van der Waals surface area contributed by atoms with Crippen LogP contribution in [-0.4, -0.2) is 37.1 Å². The van der Waals surface area contributed by atoms with Crippen molar-refractivity contribution in [3.63, 3.8) is 0 Å². The van der Waals surface area contributed by atoms with E-state index in [1.54, 1.807) is 12.1 Å². The van der Waals surface area contributed by atoms with Crippen molar-refractivity contribution in [2.24, 2.45) is 0 Å². The molecule has 1 unspecified atom stereocenters. The van der Waals surface area contributed by atoms with E-state index in [1.165, 1.54) is 19.2 Å². The summed E-state index contributed by atoms with van der Waals surface area (Å²) in [5, 5.41) is 9.16. The van der Waals surface area contributed by atoms with Gasteiger partial charge in [-0.05, 0) is 24.3 Å². The summed E-state index contributed by atoms with van der Waals surface area (Å²) in [7, 11) is 1.52. The highest BCUT2D eigenvalue weighted by Gasteiger charge is 2.12. The van der Waals surface area contributed by atoms with Crippen LogP contribution >= 0.6 is 0 Å². The second-order valence-corrected chi connectivity index (χ2v) is 3.39. The van der Waals surface area contributed by atoms with Crippen LogP contribution in [0.3, 0.4) is 0 Å². The van der Waals surface area contributed by atoms with E-state index in [4.69, 9.17) is 14.6 Å². The minimum absolute atomic E-state index is 0.311. The van der Waals surface area contributed by atoms with Gasteiger partial charge in [0.25, 0.3) is 0 Å². The highest BCUT2D eigenvalue weighted by Crippen LogP contribution is 2.12. The topological polar surface area (TPSA) is 82.1 Å². The molecule has 1 aromatic carbocycles. The molecular weight excluding hydrogens is 240 g/mol. The Morgan fingerprint density at radius 2 is 1.89 bits per heavy atom. The van der Waals surface area contributed by atoms with Gasteiger partial charge >= 0.3 is 11.9 Å². The number of benzene rings is 1. The molecule has 6 heteroatoms. The van der Waals surface area contributed by atoms with Crippen molar-refractivity contribution in [2.75, 3.05) is 13.7 Å². The third kappa shape index (κ3) is 4.42. The zero-order chi connectivity index (χ0) is 13.5. The maximum Gasteiger partial charge on any atom is 0.338 e. The lowest BCUT2D eigenvalue weighted by molar-refractivity contribution is -0.171. The van der Waals surface area contributed by atoms with Crippen molar-refractivity contribution in [1.29, 1.82) is 0 Å². The van der Waals surface area contributed by atoms with Gasteiger partial charge in [-0.1, -0.05) is 0 Å². The van der Waals surface area contributed by atoms with E-state index in [0.717, 1.165) is 6.92 Å². The Labute approximate surface area is 104 Å². The van der Waals surface area contributed by atoms with Gasteiger partial charge in [-0.15, -0.1) is 0 Å². The highest BCUT2D eigenvalue weighted by molar-refractivity contribution is 5.89. The quantitative estimate of drug-likeness (QED) is 0.616. The van der Waals surface area contributed by atoms with Gasteiger partial charge in [0, 0.05) is 6.92 Å². The van der Waals surface area contributed by atoms with Crippen molar-refractivity contribution in [3.05, 3.63) is 29.8 Å². The normalized spacial score (nSPS) is 11.5. The zero-order valence-corrected chi connectivity index (χ0v) is 10.1. The van der Waals surface area contributed by atoms with Gasteiger partial charge in [0.2, 0.25) is 6.29 Å². The Hall–Kier alpha value is -2.08. The first-order valence-corrected chi connectivity index (χ1v) is 5.19. The van der Waals surface area contributed by atoms with Crippen molar-refractivity contribution < 1.29 is 28.9 Å². The van der Waals surface area contributed by atoms with Gasteiger partial charge in [0.05, 0.1) is 12.7 Å². The molecule has 0 fully saturated rings. The summed E-state index contributed by atoms with van der Waals surface area (Å²) in [6, 6.07) is 6.27. The van der Waals surface area contributed by atoms with Crippen LogP contribution in [0, 0.1) is 0 Å². The van der Waals surface area contributed by atoms with Gasteiger partial charge in [-0.25, -0.2) is 4.79 Å². The van der Waals surface area contributed by atoms with Crippen LogP contribution in [0.1, 0.15) is 17.3 Å². The molecule has 0 saturated heterocycles. The van der Waals surface area contributed by atoms with Crippen LogP contribution in [-0.2, 0) is 14.3 Å². The van der Waals surface area contributed by atoms with Crippen LogP contribution in [0.15, 0.2) is 24.3 Å². The predicted molar refractivity (Wildman–Crippen MR) is 61.0 cm³/mol. The van der Waals surface area contributed by atoms with Crippen LogP contribution in [0.25, 0.3) is 0 Å². The molecular formula is C12H14O6. The van der Waals surface area contributed by atoms with Crippen LogP contribution in [0.2, 0.25) is 0 Å². The minimum atomic E-state index is -1.45. The number of aliphatic hydroxyl groups is 1. The number of methoxy groups -OCH3 is 1. The smallest absolute Gasteiger partial charge is 0.338 e. The molecule has 1 atom stereocenters. The number of rotatable bonds is 5. The van der Waals surface area contributed by atoms with E-state index in [0.29, 0.717) is 11.3 Å². The van der Waals surface area contributed by atoms with E-state index in [2.05, 4.69) is 4.74 Å². The Kier molecular flexibility index (Phi) is 5.13. The van der Waals surface area contributed by atoms with Crippen LogP contribution in [0.5, 0.6) is 5.75 Å². The number of esters is 2. The van der Waals surface area contributed by atoms with E-state index in [9.17, 15) is 9.59 Å². The second kappa shape index (κ2) is 6.61. The lowest BCUT2D eigenvalue weighted by Gasteiger charge is -2.11. The van der Waals surface area contributed by atoms with Gasteiger partial charge < -0.3 is 19.3 Å². The van der Waals surface area contributed by atoms with Crippen molar-refractivity contribution in [1.82, 2.24) is 0 Å². The van der Waals surface area contributed by atoms with E-state index >= 15 is 0 Å². The largest absolute Gasteiger partial charge is 0.497 e. The van der Waals surface area contributed by atoms with E-state index < -0.39 is 24.8 Å². The Bertz CT molecular complexity index is 411. The van der Waals surface area contributed by atoms with Crippen molar-refractivity contribution >= 4 is 11.9 Å². The zero-order valence-electron chi connectivity index (χ0n) is 10.1. The average molecular weight is 254 g/mol. The first kappa shape index (κ1) is 14.0. The van der Waals surface area contributed by atoms with E-state index in [1.807, 2.05) is 0 Å². The lowest BCUT2D eigenvalue weighted by Crippen LogP contribution is -2.23. The number of hydrogen-bond acceptors (Lipinski definition) is 6. The molecule has 0 saturated carbocycles. The molecule has 0 amide bonds. The standard InChI is InChI=1S/C12H14O6/c1-8(13)18-11(14)7-17-12(15)9-3-5-10(16-2)6-4-9/h3-6,11,14H,7H2,1-2H3. The molecule has 18 heavy (non-hydrogen) atoms. The Morgan fingerprint density at radius 3 is 2.39 bits per heavy atom. The van der Waals surface area contributed by atoms with Gasteiger partial charge in [0.1, 0.15) is 5.75 Å². The molecule has 1 N–H and O–H groups in total. The molecule has 0 radical (unpaired) electrons. The number of hydrogen-bond donors (Lipinski definition) is 1. The maximum absolute atomic E-state index is 11.5. The van der Waals surface area contributed by atoms with Gasteiger partial charge in [0.15, 0.2) is 6.61 Å². The summed E-state index contributed by atoms with van der Waals surface area (Å²) in [5.74, 6) is -0.654. The summed E-state index contributed by atoms with van der Waals surface area (Å²) in [4.78, 5) is 22.0. The SMILES string of the molecule is COc1ccc(C(=O)OCC(O)OC(C)=O)cc1. The number of aliphatic hydroxyl groups excluding tert-OH is 1. The fourth-order valence-electron chi connectivity index (χ4n) is 1.18. The fourth-order valence-corrected chi connectivity index (χ4v) is 1.18. The van der Waals surface area contributed by atoms with Crippen LogP contribution < -0.4 is 4.74 Å². The molecule has 1 aromatic rings. The van der Waals surface area contributed by atoms with Crippen molar-refractivity contribution in [3.8, 4) is 5.75 Å². The van der Waals surface area contributed by atoms with Crippen LogP contribution in [0.4, 0.5) is 0 Å². The molecule has 0 aliphatic rings. The first-order valence-electron chi connectivity index (χ1n) is 5.19. The van der Waals surface area contributed by atoms with E-state index in [-0.39, 0.29) is 0 Å². The third-order valence-corrected chi connectivity index (χ3v) is 1.98. The molecule has 0 spiro atoms. The maximum atomic E-state index is 11.5. The summed E-state index contributed by atoms with van der Waals surface area (Å²) >= 11 is 0. The fraction of sp³-hybridized carbons (Fsp3) is 0.333. The first-order chi connectivity index (χ1) is 8.52. The van der Waals surface area contributed by atoms with Gasteiger partial charge in [-0.2, -0.15) is 0 Å². The molecule has 0 heterocycles. The summed E-state index contributed by atoms with van der Waals surface area (Å²) in [5.41, 5.74) is 0.311. The van der Waals surface area contributed by atoms with Gasteiger partial charge in [-0.3, -0.25) is 4.79 Å². The number of ether oxygens (including phenoxy) is 3. The van der Waals surface area contributed by atoms with Crippen molar-refractivity contribution in [2.45, 2.75) is 13.2 Å². The second-order valence-electron chi connectivity index (χ2n) is 3.39. The molecule has 1 rings (SSSR count).